The number of aryl methyl sites for hydroxylation is 2. The van der Waals surface area contributed by atoms with Gasteiger partial charge in [-0.3, -0.25) is 9.10 Å². The Morgan fingerprint density at radius 2 is 1.75 bits per heavy atom. The maximum absolute atomic E-state index is 12.4. The average Bonchev–Trinajstić information content (AvgIpc) is 2.74. The van der Waals surface area contributed by atoms with Crippen molar-refractivity contribution >= 4 is 43.8 Å². The number of nitrogens with one attached hydrogen (secondary N) is 1. The summed E-state index contributed by atoms with van der Waals surface area (Å²) in [6, 6.07) is 19.9. The third-order valence-corrected chi connectivity index (χ3v) is 6.58. The van der Waals surface area contributed by atoms with Crippen LogP contribution < -0.4 is 9.73 Å². The van der Waals surface area contributed by atoms with Gasteiger partial charge in [-0.15, -0.1) is 0 Å². The largest absolute Gasteiger partial charge is 0.271 e. The van der Waals surface area contributed by atoms with Gasteiger partial charge in [-0.1, -0.05) is 46.3 Å². The summed E-state index contributed by atoms with van der Waals surface area (Å²) >= 11 is 3.39. The van der Waals surface area contributed by atoms with Gasteiger partial charge in [0.25, 0.3) is 5.91 Å². The highest BCUT2D eigenvalue weighted by Crippen LogP contribution is 2.23. The molecule has 0 heterocycles. The third-order valence-electron chi connectivity index (χ3n) is 4.95. The number of amides is 1. The summed E-state index contributed by atoms with van der Waals surface area (Å²) < 4.78 is 27.1. The van der Waals surface area contributed by atoms with E-state index in [4.69, 9.17) is 0 Å². The minimum absolute atomic E-state index is 0.171. The zero-order valence-electron chi connectivity index (χ0n) is 18.0. The first-order chi connectivity index (χ1) is 15.1. The first-order valence-electron chi connectivity index (χ1n) is 9.86. The van der Waals surface area contributed by atoms with E-state index in [1.165, 1.54) is 10.6 Å². The van der Waals surface area contributed by atoms with E-state index in [2.05, 4.69) is 26.5 Å². The lowest BCUT2D eigenvalue weighted by Crippen LogP contribution is -2.29. The molecule has 1 N–H and O–H groups in total. The van der Waals surface area contributed by atoms with Crippen LogP contribution in [-0.4, -0.2) is 26.8 Å². The molecule has 0 saturated carbocycles. The Morgan fingerprint density at radius 1 is 1.03 bits per heavy atom. The highest BCUT2D eigenvalue weighted by Gasteiger charge is 2.18. The molecule has 0 bridgehead atoms. The molecule has 6 nitrogen and oxygen atoms in total. The zero-order chi connectivity index (χ0) is 23.3. The molecule has 3 aromatic carbocycles. The normalized spacial score (nSPS) is 11.5. The molecule has 3 rings (SSSR count). The monoisotopic (exact) mass is 513 g/mol. The molecule has 0 radical (unpaired) electrons. The number of carbonyl (C=O) groups excluding carboxylic acids is 1. The molecule has 0 unspecified atom stereocenters. The molecule has 8 heteroatoms. The van der Waals surface area contributed by atoms with E-state index in [0.717, 1.165) is 26.7 Å². The van der Waals surface area contributed by atoms with Crippen LogP contribution in [0.25, 0.3) is 0 Å². The van der Waals surface area contributed by atoms with Crippen molar-refractivity contribution in [2.45, 2.75) is 20.4 Å². The van der Waals surface area contributed by atoms with Crippen molar-refractivity contribution in [3.8, 4) is 0 Å². The van der Waals surface area contributed by atoms with Crippen molar-refractivity contribution in [2.75, 3.05) is 10.6 Å². The Kier molecular flexibility index (Phi) is 7.48. The van der Waals surface area contributed by atoms with Crippen molar-refractivity contribution in [2.24, 2.45) is 5.10 Å². The van der Waals surface area contributed by atoms with Crippen molar-refractivity contribution in [1.29, 1.82) is 0 Å². The smallest absolute Gasteiger partial charge is 0.267 e. The number of hydrogen-bond donors (Lipinski definition) is 1. The molecule has 32 heavy (non-hydrogen) atoms. The first kappa shape index (κ1) is 23.7. The van der Waals surface area contributed by atoms with E-state index in [-0.39, 0.29) is 12.5 Å². The standard InChI is InChI=1S/C24H24BrN3O3S/c1-17-7-12-23(13-18(17)2)28(32(3,30)31)16-19-8-10-21(11-9-19)24(29)27-26-15-20-5-4-6-22(25)14-20/h4-15H,16H2,1-3H3,(H,27,29)/b26-15+. The van der Waals surface area contributed by atoms with Crippen LogP contribution in [0.4, 0.5) is 5.69 Å². The predicted molar refractivity (Wildman–Crippen MR) is 133 cm³/mol. The number of hydrogen-bond acceptors (Lipinski definition) is 4. The maximum Gasteiger partial charge on any atom is 0.271 e. The Hall–Kier alpha value is -2.97. The van der Waals surface area contributed by atoms with Gasteiger partial charge in [0.15, 0.2) is 0 Å². The van der Waals surface area contributed by atoms with Gasteiger partial charge >= 0.3 is 0 Å². The molecule has 3 aromatic rings. The Labute approximate surface area is 197 Å². The van der Waals surface area contributed by atoms with E-state index in [0.29, 0.717) is 11.3 Å². The molecule has 0 saturated heterocycles. The lowest BCUT2D eigenvalue weighted by Gasteiger charge is -2.23. The predicted octanol–water partition coefficient (Wildman–Crippen LogP) is 4.80. The molecule has 0 spiro atoms. The molecule has 0 fully saturated rings. The Morgan fingerprint density at radius 3 is 2.38 bits per heavy atom. The number of hydrazone groups is 1. The summed E-state index contributed by atoms with van der Waals surface area (Å²) in [4.78, 5) is 12.3. The van der Waals surface area contributed by atoms with E-state index in [9.17, 15) is 13.2 Å². The van der Waals surface area contributed by atoms with Gasteiger partial charge in [-0.05, 0) is 72.5 Å². The third kappa shape index (κ3) is 6.27. The number of sulfonamides is 1. The lowest BCUT2D eigenvalue weighted by molar-refractivity contribution is 0.0955. The fourth-order valence-corrected chi connectivity index (χ4v) is 4.32. The van der Waals surface area contributed by atoms with E-state index >= 15 is 0 Å². The summed E-state index contributed by atoms with van der Waals surface area (Å²) in [7, 11) is -3.48. The zero-order valence-corrected chi connectivity index (χ0v) is 20.4. The van der Waals surface area contributed by atoms with E-state index in [1.54, 1.807) is 36.5 Å². The topological polar surface area (TPSA) is 78.8 Å². The van der Waals surface area contributed by atoms with Crippen molar-refractivity contribution in [1.82, 2.24) is 5.43 Å². The van der Waals surface area contributed by atoms with Gasteiger partial charge in [0.2, 0.25) is 10.0 Å². The van der Waals surface area contributed by atoms with Gasteiger partial charge < -0.3 is 0 Å². The van der Waals surface area contributed by atoms with Crippen LogP contribution in [-0.2, 0) is 16.6 Å². The molecule has 0 aromatic heterocycles. The molecular formula is C24H24BrN3O3S. The fraction of sp³-hybridized carbons (Fsp3) is 0.167. The summed E-state index contributed by atoms with van der Waals surface area (Å²) in [5, 5.41) is 3.98. The Balaban J connectivity index is 1.70. The second kappa shape index (κ2) is 10.1. The number of anilines is 1. The van der Waals surface area contributed by atoms with Crippen LogP contribution in [0.3, 0.4) is 0 Å². The van der Waals surface area contributed by atoms with Crippen LogP contribution in [0.2, 0.25) is 0 Å². The fourth-order valence-electron chi connectivity index (χ4n) is 3.02. The van der Waals surface area contributed by atoms with Crippen LogP contribution in [0.15, 0.2) is 76.3 Å². The second-order valence-electron chi connectivity index (χ2n) is 7.49. The number of carbonyl (C=O) groups is 1. The van der Waals surface area contributed by atoms with E-state index in [1.807, 2.05) is 50.2 Å². The van der Waals surface area contributed by atoms with Crippen LogP contribution in [0.1, 0.15) is 32.6 Å². The quantitative estimate of drug-likeness (QED) is 0.364. The Bertz CT molecular complexity index is 1260. The lowest BCUT2D eigenvalue weighted by atomic mass is 10.1. The number of halogens is 1. The summed E-state index contributed by atoms with van der Waals surface area (Å²) in [5.41, 5.74) is 7.27. The molecular weight excluding hydrogens is 490 g/mol. The van der Waals surface area contributed by atoms with Crippen LogP contribution in [0, 0.1) is 13.8 Å². The van der Waals surface area contributed by atoms with E-state index < -0.39 is 10.0 Å². The van der Waals surface area contributed by atoms with Crippen LogP contribution in [0.5, 0.6) is 0 Å². The number of rotatable bonds is 7. The summed E-state index contributed by atoms with van der Waals surface area (Å²) in [6.45, 7) is 4.10. The minimum atomic E-state index is -3.48. The molecule has 1 amide bonds. The molecule has 0 aliphatic heterocycles. The SMILES string of the molecule is Cc1ccc(N(Cc2ccc(C(=O)N/N=C/c3cccc(Br)c3)cc2)S(C)(=O)=O)cc1C. The molecule has 166 valence electrons. The summed E-state index contributed by atoms with van der Waals surface area (Å²) in [6.07, 6.45) is 2.75. The number of nitrogens with zero attached hydrogens (tertiary/aromatic N) is 2. The van der Waals surface area contributed by atoms with Gasteiger partial charge in [-0.2, -0.15) is 5.10 Å². The van der Waals surface area contributed by atoms with Gasteiger partial charge in [-0.25, -0.2) is 13.8 Å². The first-order valence-corrected chi connectivity index (χ1v) is 12.5. The molecule has 0 atom stereocenters. The second-order valence-corrected chi connectivity index (χ2v) is 10.3. The molecule has 0 aliphatic rings. The van der Waals surface area contributed by atoms with Gasteiger partial charge in [0.1, 0.15) is 0 Å². The minimum Gasteiger partial charge on any atom is -0.267 e. The van der Waals surface area contributed by atoms with Gasteiger partial charge in [0, 0.05) is 10.0 Å². The average molecular weight is 514 g/mol. The highest BCUT2D eigenvalue weighted by atomic mass is 79.9. The van der Waals surface area contributed by atoms with Crippen molar-refractivity contribution in [3.05, 3.63) is 99.0 Å². The van der Waals surface area contributed by atoms with Crippen molar-refractivity contribution < 1.29 is 13.2 Å². The number of benzene rings is 3. The molecule has 0 aliphatic carbocycles. The van der Waals surface area contributed by atoms with Crippen LogP contribution >= 0.6 is 15.9 Å². The summed E-state index contributed by atoms with van der Waals surface area (Å²) in [5.74, 6) is -0.350. The van der Waals surface area contributed by atoms with Crippen molar-refractivity contribution in [3.63, 3.8) is 0 Å². The van der Waals surface area contributed by atoms with Gasteiger partial charge in [0.05, 0.1) is 24.7 Å². The maximum atomic E-state index is 12.4. The highest BCUT2D eigenvalue weighted by molar-refractivity contribution is 9.10.